The minimum absolute atomic E-state index is 0.0758. The van der Waals surface area contributed by atoms with Crippen molar-refractivity contribution in [2.45, 2.75) is 45.3 Å². The predicted molar refractivity (Wildman–Crippen MR) is 113 cm³/mol. The van der Waals surface area contributed by atoms with Crippen LogP contribution in [0.3, 0.4) is 0 Å². The van der Waals surface area contributed by atoms with Crippen LogP contribution in [-0.2, 0) is 9.53 Å². The Morgan fingerprint density at radius 2 is 2.13 bits per heavy atom. The van der Waals surface area contributed by atoms with E-state index in [0.29, 0.717) is 5.92 Å². The summed E-state index contributed by atoms with van der Waals surface area (Å²) in [6.07, 6.45) is 6.58. The van der Waals surface area contributed by atoms with Crippen molar-refractivity contribution >= 4 is 11.8 Å². The number of pyridine rings is 1. The van der Waals surface area contributed by atoms with Crippen LogP contribution in [0.15, 0.2) is 36.0 Å². The van der Waals surface area contributed by atoms with Gasteiger partial charge in [0, 0.05) is 23.8 Å². The van der Waals surface area contributed by atoms with Gasteiger partial charge in [-0.2, -0.15) is 0 Å². The first-order valence-corrected chi connectivity index (χ1v) is 11.6. The van der Waals surface area contributed by atoms with Gasteiger partial charge in [-0.3, -0.25) is 9.69 Å². The fraction of sp³-hybridized carbons (Fsp3) is 0.667. The molecule has 3 heterocycles. The highest BCUT2D eigenvalue weighted by Gasteiger charge is 2.60. The van der Waals surface area contributed by atoms with Gasteiger partial charge in [-0.15, -0.1) is 0 Å². The van der Waals surface area contributed by atoms with E-state index in [0.717, 1.165) is 57.8 Å². The Hall–Kier alpha value is -1.92. The van der Waals surface area contributed by atoms with E-state index in [1.54, 1.807) is 0 Å². The second kappa shape index (κ2) is 7.65. The van der Waals surface area contributed by atoms with E-state index in [1.165, 1.54) is 10.5 Å². The summed E-state index contributed by atoms with van der Waals surface area (Å²) < 4.78 is 5.84. The number of carbonyl (C=O) groups is 1. The fourth-order valence-corrected chi connectivity index (χ4v) is 6.46. The smallest absolute Gasteiger partial charge is 0.315 e. The Morgan fingerprint density at radius 3 is 2.87 bits per heavy atom. The molecule has 6 heteroatoms. The number of H-pyrrole nitrogens is 1. The molecular formula is C24H35N3O3+2. The third kappa shape index (κ3) is 3.16. The summed E-state index contributed by atoms with van der Waals surface area (Å²) >= 11 is 0. The molecule has 162 valence electrons. The summed E-state index contributed by atoms with van der Waals surface area (Å²) in [6.45, 7) is 9.18. The number of hydrogen-bond acceptors (Lipinski definition) is 4. The van der Waals surface area contributed by atoms with Gasteiger partial charge in [-0.1, -0.05) is 31.6 Å². The summed E-state index contributed by atoms with van der Waals surface area (Å²) in [4.78, 5) is 20.0. The number of nitrogens with one attached hydrogen (secondary N) is 2. The lowest BCUT2D eigenvalue weighted by Gasteiger charge is -2.51. The number of quaternary nitrogens is 1. The summed E-state index contributed by atoms with van der Waals surface area (Å²) in [5.41, 5.74) is 1.09. The van der Waals surface area contributed by atoms with E-state index >= 15 is 0 Å². The lowest BCUT2D eigenvalue weighted by atomic mass is 9.55. The van der Waals surface area contributed by atoms with Gasteiger partial charge < -0.3 is 14.7 Å². The van der Waals surface area contributed by atoms with Gasteiger partial charge in [0.25, 0.3) is 5.82 Å². The van der Waals surface area contributed by atoms with Gasteiger partial charge >= 0.3 is 5.97 Å². The highest BCUT2D eigenvalue weighted by atomic mass is 16.6. The van der Waals surface area contributed by atoms with Crippen LogP contribution in [0.2, 0.25) is 0 Å². The quantitative estimate of drug-likeness (QED) is 0.559. The standard InChI is InChI=1S/C24H33N3O3/c1-16-6-5-7-17-14-19-21(22(28)24(16,17)2)18(23(29)30-19)15-26-10-12-27(13-11-26)20-8-3-4-9-25-20/h3-4,7-9,16,18-19,21-22,28H,5-6,10-15H2,1-2H3/p+2/t16-,18-,19+,21+,22-,24+/m0/s1. The number of piperazine rings is 1. The van der Waals surface area contributed by atoms with Crippen LogP contribution in [0.5, 0.6) is 0 Å². The predicted octanol–water partition coefficient (Wildman–Crippen LogP) is 0.491. The first-order chi connectivity index (χ1) is 14.5. The average Bonchev–Trinajstić information content (AvgIpc) is 3.07. The van der Waals surface area contributed by atoms with Crippen molar-refractivity contribution in [1.82, 2.24) is 0 Å². The number of aliphatic hydroxyl groups is 1. The topological polar surface area (TPSA) is 68.4 Å². The molecule has 1 saturated carbocycles. The molecule has 3 N–H and O–H groups in total. The summed E-state index contributed by atoms with van der Waals surface area (Å²) in [7, 11) is 0. The molecule has 1 aromatic rings. The Balaban J connectivity index is 1.28. The SMILES string of the molecule is C[C@H]1CCC=C2C[C@H]3OC(=O)[C@@H](C[NH+]4CCN(c5cccc[nH+]5)CC4)[C@H]3[C@H](O)[C@@]21C. The Morgan fingerprint density at radius 1 is 1.33 bits per heavy atom. The van der Waals surface area contributed by atoms with E-state index in [1.807, 2.05) is 12.3 Å². The van der Waals surface area contributed by atoms with Crippen molar-refractivity contribution in [2.24, 2.45) is 23.2 Å². The first-order valence-electron chi connectivity index (χ1n) is 11.6. The molecule has 2 aliphatic heterocycles. The molecule has 0 unspecified atom stereocenters. The van der Waals surface area contributed by atoms with Crippen molar-refractivity contribution in [2.75, 3.05) is 37.6 Å². The molecule has 0 spiro atoms. The van der Waals surface area contributed by atoms with Crippen LogP contribution in [-0.4, -0.2) is 56.0 Å². The van der Waals surface area contributed by atoms with E-state index in [4.69, 9.17) is 4.74 Å². The van der Waals surface area contributed by atoms with Crippen molar-refractivity contribution < 1.29 is 24.5 Å². The summed E-state index contributed by atoms with van der Waals surface area (Å²) in [6, 6.07) is 6.16. The summed E-state index contributed by atoms with van der Waals surface area (Å²) in [5.74, 6) is 1.22. The molecule has 0 amide bonds. The normalized spacial score (nSPS) is 39.2. The number of aliphatic hydroxyl groups excluding tert-OH is 1. The Labute approximate surface area is 178 Å². The molecule has 3 fully saturated rings. The zero-order valence-corrected chi connectivity index (χ0v) is 18.1. The van der Waals surface area contributed by atoms with Crippen LogP contribution in [0, 0.1) is 23.2 Å². The lowest BCUT2D eigenvalue weighted by Crippen LogP contribution is -3.15. The molecule has 0 radical (unpaired) electrons. The first kappa shape index (κ1) is 20.0. The maximum absolute atomic E-state index is 12.9. The highest BCUT2D eigenvalue weighted by molar-refractivity contribution is 5.76. The number of anilines is 1. The van der Waals surface area contributed by atoms with Crippen molar-refractivity contribution in [3.8, 4) is 0 Å². The van der Waals surface area contributed by atoms with Gasteiger partial charge in [0.2, 0.25) is 0 Å². The highest BCUT2D eigenvalue weighted by Crippen LogP contribution is 2.55. The number of aromatic nitrogens is 1. The van der Waals surface area contributed by atoms with E-state index in [-0.39, 0.29) is 29.3 Å². The summed E-state index contributed by atoms with van der Waals surface area (Å²) in [5, 5.41) is 11.5. The largest absolute Gasteiger partial charge is 0.461 e. The Bertz CT molecular complexity index is 820. The number of ether oxygens (including phenoxy) is 1. The van der Waals surface area contributed by atoms with Gasteiger partial charge in [-0.25, -0.2) is 4.98 Å². The molecule has 5 rings (SSSR count). The number of allylic oxidation sites excluding steroid dienone is 1. The molecule has 6 nitrogen and oxygen atoms in total. The third-order valence-corrected chi connectivity index (χ3v) is 8.58. The number of fused-ring (bicyclic) bond motifs is 2. The van der Waals surface area contributed by atoms with E-state index < -0.39 is 6.10 Å². The molecule has 4 aliphatic rings. The molecule has 2 saturated heterocycles. The van der Waals surface area contributed by atoms with Gasteiger partial charge in [0.15, 0.2) is 0 Å². The molecule has 0 aromatic carbocycles. The molecule has 30 heavy (non-hydrogen) atoms. The van der Waals surface area contributed by atoms with Crippen LogP contribution in [0.25, 0.3) is 0 Å². The van der Waals surface area contributed by atoms with E-state index in [9.17, 15) is 9.90 Å². The van der Waals surface area contributed by atoms with Gasteiger partial charge in [0.05, 0.1) is 18.8 Å². The number of esters is 1. The van der Waals surface area contributed by atoms with Crippen LogP contribution in [0.4, 0.5) is 5.82 Å². The third-order valence-electron chi connectivity index (χ3n) is 8.58. The second-order valence-electron chi connectivity index (χ2n) is 9.99. The minimum Gasteiger partial charge on any atom is -0.461 e. The zero-order chi connectivity index (χ0) is 20.9. The van der Waals surface area contributed by atoms with Gasteiger partial charge in [-0.05, 0) is 24.8 Å². The van der Waals surface area contributed by atoms with Gasteiger partial charge in [0.1, 0.15) is 38.2 Å². The lowest BCUT2D eigenvalue weighted by molar-refractivity contribution is -0.903. The molecule has 1 aromatic heterocycles. The van der Waals surface area contributed by atoms with Crippen LogP contribution < -0.4 is 14.8 Å². The maximum Gasteiger partial charge on any atom is 0.315 e. The van der Waals surface area contributed by atoms with Crippen molar-refractivity contribution in [3.05, 3.63) is 36.0 Å². The molecule has 0 bridgehead atoms. The molecular weight excluding hydrogens is 378 g/mol. The second-order valence-corrected chi connectivity index (χ2v) is 9.99. The van der Waals surface area contributed by atoms with Crippen LogP contribution >= 0.6 is 0 Å². The number of carbonyl (C=O) groups excluding carboxylic acids is 1. The fourth-order valence-electron chi connectivity index (χ4n) is 6.46. The average molecular weight is 414 g/mol. The number of nitrogens with zero attached hydrogens (tertiary/aromatic N) is 1. The zero-order valence-electron chi connectivity index (χ0n) is 18.1. The maximum atomic E-state index is 12.9. The Kier molecular flexibility index (Phi) is 5.10. The number of hydrogen-bond donors (Lipinski definition) is 2. The molecule has 6 atom stereocenters. The van der Waals surface area contributed by atoms with E-state index in [2.05, 4.69) is 41.9 Å². The van der Waals surface area contributed by atoms with Crippen molar-refractivity contribution in [3.63, 3.8) is 0 Å². The number of aromatic amines is 1. The number of rotatable bonds is 3. The monoisotopic (exact) mass is 413 g/mol. The molecule has 2 aliphatic carbocycles. The van der Waals surface area contributed by atoms with Crippen molar-refractivity contribution in [1.29, 1.82) is 0 Å². The minimum atomic E-state index is -0.506. The van der Waals surface area contributed by atoms with Crippen LogP contribution in [0.1, 0.15) is 33.1 Å².